The van der Waals surface area contributed by atoms with Gasteiger partial charge in [-0.15, -0.1) is 0 Å². The predicted octanol–water partition coefficient (Wildman–Crippen LogP) is 4.47. The van der Waals surface area contributed by atoms with Crippen LogP contribution >= 0.6 is 11.9 Å². The van der Waals surface area contributed by atoms with Crippen LogP contribution in [0.5, 0.6) is 5.75 Å². The summed E-state index contributed by atoms with van der Waals surface area (Å²) in [5.74, 6) is 1.03. The lowest BCUT2D eigenvalue weighted by Gasteiger charge is -2.33. The molecule has 0 spiro atoms. The Labute approximate surface area is 130 Å². The van der Waals surface area contributed by atoms with Crippen molar-refractivity contribution in [2.24, 2.45) is 0 Å². The van der Waals surface area contributed by atoms with Gasteiger partial charge in [0.05, 0.1) is 5.69 Å². The first-order valence-electron chi connectivity index (χ1n) is 7.38. The molecular weight excluding hydrogens is 280 g/mol. The number of aryl methyl sites for hydroxylation is 4. The highest BCUT2D eigenvalue weighted by atomic mass is 32.2. The molecule has 0 saturated heterocycles. The smallest absolute Gasteiger partial charge is 0.124 e. The van der Waals surface area contributed by atoms with Crippen LogP contribution in [0.2, 0.25) is 0 Å². The zero-order valence-electron chi connectivity index (χ0n) is 13.4. The van der Waals surface area contributed by atoms with E-state index in [1.165, 1.54) is 16.0 Å². The van der Waals surface area contributed by atoms with E-state index in [4.69, 9.17) is 4.74 Å². The van der Waals surface area contributed by atoms with Crippen molar-refractivity contribution in [1.29, 1.82) is 0 Å². The molecule has 0 bridgehead atoms. The molecule has 0 amide bonds. The van der Waals surface area contributed by atoms with Crippen molar-refractivity contribution in [3.8, 4) is 5.75 Å². The summed E-state index contributed by atoms with van der Waals surface area (Å²) in [7, 11) is 0. The number of rotatable bonds is 2. The van der Waals surface area contributed by atoms with Crippen LogP contribution < -0.4 is 4.74 Å². The number of hydrogen-bond acceptors (Lipinski definition) is 3. The van der Waals surface area contributed by atoms with Gasteiger partial charge >= 0.3 is 0 Å². The highest BCUT2D eigenvalue weighted by Crippen LogP contribution is 2.38. The molecule has 0 atom stereocenters. The first-order valence-corrected chi connectivity index (χ1v) is 8.15. The third-order valence-electron chi connectivity index (χ3n) is 3.89. The second-order valence-corrected chi connectivity index (χ2v) is 7.45. The van der Waals surface area contributed by atoms with Gasteiger partial charge in [-0.05, 0) is 70.7 Å². The zero-order valence-corrected chi connectivity index (χ0v) is 14.2. The second-order valence-electron chi connectivity index (χ2n) is 6.48. The van der Waals surface area contributed by atoms with Crippen molar-refractivity contribution < 1.29 is 4.74 Å². The molecule has 3 rings (SSSR count). The first kappa shape index (κ1) is 14.5. The predicted molar refractivity (Wildman–Crippen MR) is 87.2 cm³/mol. The van der Waals surface area contributed by atoms with Crippen LogP contribution in [0.25, 0.3) is 0 Å². The Hall–Kier alpha value is -1.42. The lowest BCUT2D eigenvalue weighted by Crippen LogP contribution is -2.32. The molecule has 4 heteroatoms. The molecule has 0 saturated carbocycles. The van der Waals surface area contributed by atoms with Crippen molar-refractivity contribution in [2.75, 3.05) is 0 Å². The van der Waals surface area contributed by atoms with Gasteiger partial charge in [0.1, 0.15) is 11.4 Å². The van der Waals surface area contributed by atoms with E-state index in [0.717, 1.165) is 30.0 Å². The number of nitrogens with zero attached hydrogens (tertiary/aromatic N) is 2. The molecule has 0 fully saturated rings. The maximum absolute atomic E-state index is 6.15. The average molecular weight is 302 g/mol. The summed E-state index contributed by atoms with van der Waals surface area (Å²) in [5, 5.41) is 4.53. The standard InChI is InChI=1S/C17H22N2OS/c1-11-8-14-6-7-17(4,5)20-15(14)10-16(11)21-19-13(3)9-12(2)18-19/h8-10H,6-7H2,1-5H3. The summed E-state index contributed by atoms with van der Waals surface area (Å²) in [6.45, 7) is 10.6. The lowest BCUT2D eigenvalue weighted by atomic mass is 9.93. The molecule has 0 unspecified atom stereocenters. The van der Waals surface area contributed by atoms with E-state index in [-0.39, 0.29) is 5.60 Å². The lowest BCUT2D eigenvalue weighted by molar-refractivity contribution is 0.0843. The number of aromatic nitrogens is 2. The van der Waals surface area contributed by atoms with E-state index in [2.05, 4.69) is 51.0 Å². The van der Waals surface area contributed by atoms with E-state index < -0.39 is 0 Å². The van der Waals surface area contributed by atoms with Crippen molar-refractivity contribution in [1.82, 2.24) is 9.19 Å². The van der Waals surface area contributed by atoms with Crippen LogP contribution in [-0.2, 0) is 6.42 Å². The highest BCUT2D eigenvalue weighted by molar-refractivity contribution is 7.97. The second kappa shape index (κ2) is 5.09. The number of benzene rings is 1. The Morgan fingerprint density at radius 2 is 1.95 bits per heavy atom. The van der Waals surface area contributed by atoms with E-state index in [0.29, 0.717) is 0 Å². The molecule has 0 N–H and O–H groups in total. The Morgan fingerprint density at radius 1 is 1.19 bits per heavy atom. The van der Waals surface area contributed by atoms with Gasteiger partial charge in [-0.2, -0.15) is 5.10 Å². The molecule has 1 aromatic heterocycles. The molecule has 0 radical (unpaired) electrons. The molecule has 2 aromatic rings. The van der Waals surface area contributed by atoms with Crippen molar-refractivity contribution >= 4 is 11.9 Å². The van der Waals surface area contributed by atoms with Crippen LogP contribution in [0, 0.1) is 20.8 Å². The Balaban J connectivity index is 1.95. The van der Waals surface area contributed by atoms with E-state index in [1.54, 1.807) is 11.9 Å². The van der Waals surface area contributed by atoms with Crippen LogP contribution in [0.15, 0.2) is 23.1 Å². The summed E-state index contributed by atoms with van der Waals surface area (Å²) < 4.78 is 8.13. The molecule has 3 nitrogen and oxygen atoms in total. The van der Waals surface area contributed by atoms with Gasteiger partial charge in [0.15, 0.2) is 0 Å². The summed E-state index contributed by atoms with van der Waals surface area (Å²) >= 11 is 1.66. The van der Waals surface area contributed by atoms with Crippen molar-refractivity contribution in [3.05, 3.63) is 40.7 Å². The van der Waals surface area contributed by atoms with Gasteiger partial charge in [-0.1, -0.05) is 6.07 Å². The Bertz CT molecular complexity index is 688. The monoisotopic (exact) mass is 302 g/mol. The molecule has 1 aromatic carbocycles. The van der Waals surface area contributed by atoms with Crippen molar-refractivity contribution in [3.63, 3.8) is 0 Å². The third kappa shape index (κ3) is 2.95. The SMILES string of the molecule is Cc1cc(C)n(Sc2cc3c(cc2C)CCC(C)(C)O3)n1. The minimum atomic E-state index is -0.0671. The van der Waals surface area contributed by atoms with E-state index in [1.807, 2.05) is 11.0 Å². The molecule has 21 heavy (non-hydrogen) atoms. The fourth-order valence-corrected chi connectivity index (χ4v) is 3.61. The van der Waals surface area contributed by atoms with E-state index in [9.17, 15) is 0 Å². The van der Waals surface area contributed by atoms with Gasteiger partial charge in [-0.25, -0.2) is 4.09 Å². The summed E-state index contributed by atoms with van der Waals surface area (Å²) in [4.78, 5) is 1.21. The van der Waals surface area contributed by atoms with Crippen LogP contribution in [0.3, 0.4) is 0 Å². The fraction of sp³-hybridized carbons (Fsp3) is 0.471. The van der Waals surface area contributed by atoms with Gasteiger partial charge < -0.3 is 4.74 Å². The summed E-state index contributed by atoms with van der Waals surface area (Å²) in [6, 6.07) is 6.53. The average Bonchev–Trinajstić information content (AvgIpc) is 2.69. The maximum Gasteiger partial charge on any atom is 0.124 e. The highest BCUT2D eigenvalue weighted by Gasteiger charge is 2.27. The van der Waals surface area contributed by atoms with Crippen LogP contribution in [0.4, 0.5) is 0 Å². The Kier molecular flexibility index (Phi) is 3.52. The largest absolute Gasteiger partial charge is 0.488 e. The minimum Gasteiger partial charge on any atom is -0.488 e. The fourth-order valence-electron chi connectivity index (χ4n) is 2.70. The van der Waals surface area contributed by atoms with Gasteiger partial charge in [0, 0.05) is 22.5 Å². The first-order chi connectivity index (χ1) is 9.84. The van der Waals surface area contributed by atoms with E-state index >= 15 is 0 Å². The minimum absolute atomic E-state index is 0.0671. The van der Waals surface area contributed by atoms with Crippen molar-refractivity contribution in [2.45, 2.75) is 58.0 Å². The van der Waals surface area contributed by atoms with Gasteiger partial charge in [0.25, 0.3) is 0 Å². The van der Waals surface area contributed by atoms with Gasteiger partial charge in [-0.3, -0.25) is 0 Å². The maximum atomic E-state index is 6.15. The normalized spacial score (nSPS) is 16.4. The quantitative estimate of drug-likeness (QED) is 0.819. The Morgan fingerprint density at radius 3 is 2.62 bits per heavy atom. The molecular formula is C17H22N2OS. The molecule has 112 valence electrons. The molecule has 1 aliphatic rings. The number of ether oxygens (including phenoxy) is 1. The summed E-state index contributed by atoms with van der Waals surface area (Å²) in [6.07, 6.45) is 2.16. The number of hydrogen-bond donors (Lipinski definition) is 0. The number of fused-ring (bicyclic) bond motifs is 1. The topological polar surface area (TPSA) is 27.1 Å². The zero-order chi connectivity index (χ0) is 15.2. The van der Waals surface area contributed by atoms with Crippen LogP contribution in [-0.4, -0.2) is 14.8 Å². The molecule has 1 aliphatic heterocycles. The van der Waals surface area contributed by atoms with Gasteiger partial charge in [0.2, 0.25) is 0 Å². The summed E-state index contributed by atoms with van der Waals surface area (Å²) in [5.41, 5.74) is 4.76. The third-order valence-corrected chi connectivity index (χ3v) is 5.07. The molecule has 0 aliphatic carbocycles. The van der Waals surface area contributed by atoms with Crippen LogP contribution in [0.1, 0.15) is 42.8 Å². The molecule has 2 heterocycles.